The predicted octanol–water partition coefficient (Wildman–Crippen LogP) is 2.89. The van der Waals surface area contributed by atoms with E-state index in [2.05, 4.69) is 44.2 Å². The maximum atomic E-state index is 2.24. The van der Waals surface area contributed by atoms with Gasteiger partial charge in [0.1, 0.15) is 0 Å². The van der Waals surface area contributed by atoms with Gasteiger partial charge in [-0.05, 0) is 17.9 Å². The van der Waals surface area contributed by atoms with Crippen molar-refractivity contribution in [2.24, 2.45) is 5.92 Å². The summed E-state index contributed by atoms with van der Waals surface area (Å²) in [7, 11) is 0. The van der Waals surface area contributed by atoms with E-state index in [4.69, 9.17) is 0 Å². The van der Waals surface area contributed by atoms with E-state index >= 15 is 0 Å². The number of hydrogen-bond donors (Lipinski definition) is 0. The summed E-state index contributed by atoms with van der Waals surface area (Å²) in [5, 5.41) is 0. The highest BCUT2D eigenvalue weighted by Crippen LogP contribution is 2.05. The number of hydrogen-bond acceptors (Lipinski definition) is 0. The van der Waals surface area contributed by atoms with Crippen molar-refractivity contribution in [3.05, 3.63) is 35.9 Å². The molecular formula is C10H14. The molecule has 0 saturated carbocycles. The van der Waals surface area contributed by atoms with E-state index in [1.807, 2.05) is 0 Å². The highest BCUT2D eigenvalue weighted by atomic mass is 14.0. The highest BCUT2D eigenvalue weighted by molar-refractivity contribution is 5.14. The van der Waals surface area contributed by atoms with Crippen molar-refractivity contribution >= 4 is 0 Å². The third-order valence-corrected chi connectivity index (χ3v) is 1.49. The minimum atomic E-state index is 0.766. The lowest BCUT2D eigenvalue weighted by atomic mass is 10.0. The van der Waals surface area contributed by atoms with Gasteiger partial charge < -0.3 is 0 Å². The van der Waals surface area contributed by atoms with Crippen LogP contribution in [0.25, 0.3) is 0 Å². The van der Waals surface area contributed by atoms with Crippen LogP contribution in [0.4, 0.5) is 0 Å². The first-order valence-electron chi connectivity index (χ1n) is 3.83. The number of rotatable bonds is 2. The predicted molar refractivity (Wildman–Crippen MR) is 45.0 cm³/mol. The van der Waals surface area contributed by atoms with Gasteiger partial charge in [0.2, 0.25) is 0 Å². The van der Waals surface area contributed by atoms with Gasteiger partial charge in [0.05, 0.1) is 0 Å². The Kier molecular flexibility index (Phi) is 2.49. The fourth-order valence-corrected chi connectivity index (χ4v) is 1.09. The Balaban J connectivity index is 2.59. The second kappa shape index (κ2) is 3.40. The molecule has 0 radical (unpaired) electrons. The molecule has 0 unspecified atom stereocenters. The van der Waals surface area contributed by atoms with Crippen LogP contribution in [0.15, 0.2) is 30.3 Å². The van der Waals surface area contributed by atoms with Crippen molar-refractivity contribution in [1.82, 2.24) is 0 Å². The fraction of sp³-hybridized carbons (Fsp3) is 0.400. The molecule has 1 rings (SSSR count). The molecule has 0 aromatic heterocycles. The fourth-order valence-electron chi connectivity index (χ4n) is 1.09. The molecule has 0 aliphatic carbocycles. The summed E-state index contributed by atoms with van der Waals surface area (Å²) in [6, 6.07) is 10.6. The second-order valence-electron chi connectivity index (χ2n) is 3.08. The maximum absolute atomic E-state index is 2.24. The summed E-state index contributed by atoms with van der Waals surface area (Å²) in [4.78, 5) is 0. The topological polar surface area (TPSA) is 0 Å². The Hall–Kier alpha value is -0.780. The van der Waals surface area contributed by atoms with E-state index in [1.165, 1.54) is 12.0 Å². The standard InChI is InChI=1S/C10H14/c1-9(2)8-10-6-4-3-5-7-10/h3-7,9H,8H2,1-2H3. The molecule has 1 aromatic rings. The Morgan fingerprint density at radius 2 is 1.70 bits per heavy atom. The molecule has 0 spiro atoms. The second-order valence-corrected chi connectivity index (χ2v) is 3.08. The molecular weight excluding hydrogens is 120 g/mol. The average molecular weight is 134 g/mol. The summed E-state index contributed by atoms with van der Waals surface area (Å²) in [6.45, 7) is 4.49. The van der Waals surface area contributed by atoms with Crippen LogP contribution in [-0.4, -0.2) is 0 Å². The molecule has 0 amide bonds. The van der Waals surface area contributed by atoms with Crippen LogP contribution >= 0.6 is 0 Å². The molecule has 0 aliphatic heterocycles. The van der Waals surface area contributed by atoms with E-state index in [0.717, 1.165) is 5.92 Å². The van der Waals surface area contributed by atoms with Crippen LogP contribution in [0, 0.1) is 5.92 Å². The summed E-state index contributed by atoms with van der Waals surface area (Å²) in [6.07, 6.45) is 1.20. The molecule has 0 heteroatoms. The van der Waals surface area contributed by atoms with Crippen LogP contribution in [0.3, 0.4) is 0 Å². The summed E-state index contributed by atoms with van der Waals surface area (Å²) < 4.78 is 0. The molecule has 0 aliphatic rings. The van der Waals surface area contributed by atoms with Crippen LogP contribution in [0.2, 0.25) is 0 Å². The molecule has 0 saturated heterocycles. The van der Waals surface area contributed by atoms with Crippen molar-refractivity contribution in [3.63, 3.8) is 0 Å². The van der Waals surface area contributed by atoms with Gasteiger partial charge in [-0.15, -0.1) is 0 Å². The normalized spacial score (nSPS) is 10.3. The molecule has 0 atom stereocenters. The summed E-state index contributed by atoms with van der Waals surface area (Å²) in [5.74, 6) is 0.766. The van der Waals surface area contributed by atoms with Gasteiger partial charge in [-0.25, -0.2) is 0 Å². The Labute approximate surface area is 62.9 Å². The van der Waals surface area contributed by atoms with E-state index in [-0.39, 0.29) is 0 Å². The number of benzene rings is 1. The third kappa shape index (κ3) is 2.22. The molecule has 1 aromatic carbocycles. The van der Waals surface area contributed by atoms with Gasteiger partial charge in [0.25, 0.3) is 0 Å². The summed E-state index contributed by atoms with van der Waals surface area (Å²) in [5.41, 5.74) is 1.44. The minimum absolute atomic E-state index is 0.766. The molecule has 0 N–H and O–H groups in total. The zero-order valence-corrected chi connectivity index (χ0v) is 6.67. The maximum Gasteiger partial charge on any atom is -0.0256 e. The van der Waals surface area contributed by atoms with Gasteiger partial charge in [-0.2, -0.15) is 0 Å². The van der Waals surface area contributed by atoms with Crippen molar-refractivity contribution in [2.45, 2.75) is 20.3 Å². The van der Waals surface area contributed by atoms with Crippen LogP contribution < -0.4 is 0 Å². The molecule has 0 nitrogen and oxygen atoms in total. The molecule has 10 heavy (non-hydrogen) atoms. The van der Waals surface area contributed by atoms with E-state index in [1.54, 1.807) is 0 Å². The lowest BCUT2D eigenvalue weighted by Gasteiger charge is -2.02. The Morgan fingerprint density at radius 1 is 1.10 bits per heavy atom. The minimum Gasteiger partial charge on any atom is -0.0625 e. The first kappa shape index (κ1) is 7.33. The largest absolute Gasteiger partial charge is 0.0625 e. The smallest absolute Gasteiger partial charge is 0.0256 e. The lowest BCUT2D eigenvalue weighted by Crippen LogP contribution is -1.92. The molecule has 0 fully saturated rings. The van der Waals surface area contributed by atoms with Crippen molar-refractivity contribution in [3.8, 4) is 0 Å². The zero-order chi connectivity index (χ0) is 7.40. The first-order valence-corrected chi connectivity index (χ1v) is 3.83. The third-order valence-electron chi connectivity index (χ3n) is 1.49. The van der Waals surface area contributed by atoms with Gasteiger partial charge >= 0.3 is 0 Å². The van der Waals surface area contributed by atoms with Gasteiger partial charge in [-0.3, -0.25) is 0 Å². The van der Waals surface area contributed by atoms with Gasteiger partial charge in [-0.1, -0.05) is 44.2 Å². The quantitative estimate of drug-likeness (QED) is 0.583. The monoisotopic (exact) mass is 134 g/mol. The Morgan fingerprint density at radius 3 is 2.20 bits per heavy atom. The summed E-state index contributed by atoms with van der Waals surface area (Å²) >= 11 is 0. The first-order chi connectivity index (χ1) is 4.79. The van der Waals surface area contributed by atoms with Crippen LogP contribution in [0.1, 0.15) is 19.4 Å². The van der Waals surface area contributed by atoms with Gasteiger partial charge in [0.15, 0.2) is 0 Å². The average Bonchev–Trinajstić information content (AvgIpc) is 1.88. The molecule has 54 valence electrons. The van der Waals surface area contributed by atoms with E-state index in [9.17, 15) is 0 Å². The Bertz CT molecular complexity index is 174. The molecule has 0 heterocycles. The zero-order valence-electron chi connectivity index (χ0n) is 6.67. The van der Waals surface area contributed by atoms with E-state index in [0.29, 0.717) is 0 Å². The molecule has 0 bridgehead atoms. The SMILES string of the molecule is CC(C)Cc1ccccc1. The van der Waals surface area contributed by atoms with Crippen molar-refractivity contribution in [1.29, 1.82) is 0 Å². The van der Waals surface area contributed by atoms with Gasteiger partial charge in [0, 0.05) is 0 Å². The van der Waals surface area contributed by atoms with E-state index < -0.39 is 0 Å². The van der Waals surface area contributed by atoms with Crippen molar-refractivity contribution in [2.75, 3.05) is 0 Å². The van der Waals surface area contributed by atoms with Crippen molar-refractivity contribution < 1.29 is 0 Å². The van der Waals surface area contributed by atoms with Crippen LogP contribution in [-0.2, 0) is 6.42 Å². The van der Waals surface area contributed by atoms with Crippen LogP contribution in [0.5, 0.6) is 0 Å². The lowest BCUT2D eigenvalue weighted by molar-refractivity contribution is 0.647. The highest BCUT2D eigenvalue weighted by Gasteiger charge is 1.94.